The van der Waals surface area contributed by atoms with Gasteiger partial charge in [-0.2, -0.15) is 0 Å². The van der Waals surface area contributed by atoms with Crippen molar-refractivity contribution in [3.05, 3.63) is 64.4 Å². The minimum atomic E-state index is -0.955. The number of hydrogen-bond acceptors (Lipinski definition) is 2. The Kier molecular flexibility index (Phi) is 3.78. The number of halogens is 2. The second-order valence-corrected chi connectivity index (χ2v) is 4.97. The van der Waals surface area contributed by atoms with Gasteiger partial charge in [-0.15, -0.1) is 0 Å². The summed E-state index contributed by atoms with van der Waals surface area (Å²) >= 11 is 5.85. The minimum Gasteiger partial charge on any atom is -0.494 e. The van der Waals surface area contributed by atoms with Gasteiger partial charge in [-0.05, 0) is 30.7 Å². The molecule has 0 fully saturated rings. The molecule has 2 N–H and O–H groups in total. The van der Waals surface area contributed by atoms with E-state index in [0.29, 0.717) is 10.6 Å². The molecule has 0 radical (unpaired) electrons. The Morgan fingerprint density at radius 2 is 1.79 bits per heavy atom. The molecule has 1 atom stereocenters. The quantitative estimate of drug-likeness (QED) is 0.929. The summed E-state index contributed by atoms with van der Waals surface area (Å²) in [5.74, 6) is -0.256. The zero-order valence-corrected chi connectivity index (χ0v) is 11.5. The summed E-state index contributed by atoms with van der Waals surface area (Å²) in [5.41, 5.74) is 6.51. The SMILES string of the molecule is COc1cccc(C(C)(N)c2ccc(Cl)cc2)c1F. The van der Waals surface area contributed by atoms with Crippen LogP contribution < -0.4 is 10.5 Å². The Morgan fingerprint density at radius 3 is 2.37 bits per heavy atom. The van der Waals surface area contributed by atoms with Crippen LogP contribution in [-0.4, -0.2) is 7.11 Å². The fraction of sp³-hybridized carbons (Fsp3) is 0.200. The first-order chi connectivity index (χ1) is 8.96. The van der Waals surface area contributed by atoms with E-state index < -0.39 is 11.4 Å². The maximum atomic E-state index is 14.3. The minimum absolute atomic E-state index is 0.183. The third kappa shape index (κ3) is 2.57. The smallest absolute Gasteiger partial charge is 0.170 e. The zero-order chi connectivity index (χ0) is 14.0. The summed E-state index contributed by atoms with van der Waals surface area (Å²) < 4.78 is 19.3. The van der Waals surface area contributed by atoms with Crippen LogP contribution in [0.15, 0.2) is 42.5 Å². The van der Waals surface area contributed by atoms with E-state index >= 15 is 0 Å². The van der Waals surface area contributed by atoms with Gasteiger partial charge >= 0.3 is 0 Å². The van der Waals surface area contributed by atoms with Gasteiger partial charge in [0.25, 0.3) is 0 Å². The molecule has 0 saturated heterocycles. The summed E-state index contributed by atoms with van der Waals surface area (Å²) in [7, 11) is 1.43. The fourth-order valence-corrected chi connectivity index (χ4v) is 2.15. The van der Waals surface area contributed by atoms with E-state index in [-0.39, 0.29) is 5.75 Å². The van der Waals surface area contributed by atoms with Crippen molar-refractivity contribution in [2.75, 3.05) is 7.11 Å². The van der Waals surface area contributed by atoms with E-state index in [0.717, 1.165) is 5.56 Å². The largest absolute Gasteiger partial charge is 0.494 e. The van der Waals surface area contributed by atoms with Crippen molar-refractivity contribution in [1.29, 1.82) is 0 Å². The topological polar surface area (TPSA) is 35.2 Å². The molecule has 0 amide bonds. The Hall–Kier alpha value is -1.58. The number of nitrogens with two attached hydrogens (primary N) is 1. The van der Waals surface area contributed by atoms with E-state index in [9.17, 15) is 4.39 Å². The average molecular weight is 280 g/mol. The van der Waals surface area contributed by atoms with Crippen molar-refractivity contribution in [2.24, 2.45) is 5.73 Å². The van der Waals surface area contributed by atoms with Crippen molar-refractivity contribution < 1.29 is 9.13 Å². The molecular formula is C15H15ClFNO. The summed E-state index contributed by atoms with van der Waals surface area (Å²) in [6.07, 6.45) is 0. The lowest BCUT2D eigenvalue weighted by Gasteiger charge is -2.27. The van der Waals surface area contributed by atoms with Crippen LogP contribution in [0.3, 0.4) is 0 Å². The van der Waals surface area contributed by atoms with Crippen LogP contribution in [0.2, 0.25) is 5.02 Å². The van der Waals surface area contributed by atoms with Crippen LogP contribution in [-0.2, 0) is 5.54 Å². The Labute approximate surface area is 117 Å². The lowest BCUT2D eigenvalue weighted by molar-refractivity contribution is 0.379. The molecule has 0 spiro atoms. The highest BCUT2D eigenvalue weighted by atomic mass is 35.5. The van der Waals surface area contributed by atoms with Gasteiger partial charge in [-0.3, -0.25) is 0 Å². The third-order valence-electron chi connectivity index (χ3n) is 3.19. The summed E-state index contributed by atoms with van der Waals surface area (Å²) in [6, 6.07) is 12.0. The van der Waals surface area contributed by atoms with Gasteiger partial charge in [0.15, 0.2) is 11.6 Å². The van der Waals surface area contributed by atoms with Gasteiger partial charge in [0.2, 0.25) is 0 Å². The molecule has 100 valence electrons. The van der Waals surface area contributed by atoms with Crippen LogP contribution in [0.4, 0.5) is 4.39 Å². The van der Waals surface area contributed by atoms with Gasteiger partial charge in [-0.1, -0.05) is 35.9 Å². The van der Waals surface area contributed by atoms with Gasteiger partial charge in [0.05, 0.1) is 12.6 Å². The van der Waals surface area contributed by atoms with Gasteiger partial charge in [0, 0.05) is 10.6 Å². The Balaban J connectivity index is 2.53. The Bertz CT molecular complexity index is 581. The number of rotatable bonds is 3. The molecule has 0 bridgehead atoms. The molecule has 0 aromatic heterocycles. The molecule has 0 aliphatic heterocycles. The van der Waals surface area contributed by atoms with E-state index in [1.54, 1.807) is 49.4 Å². The fourth-order valence-electron chi connectivity index (χ4n) is 2.02. The molecule has 0 aliphatic rings. The summed E-state index contributed by atoms with van der Waals surface area (Å²) in [6.45, 7) is 1.76. The van der Waals surface area contributed by atoms with Gasteiger partial charge in [0.1, 0.15) is 0 Å². The molecule has 2 aromatic rings. The average Bonchev–Trinajstić information content (AvgIpc) is 2.39. The van der Waals surface area contributed by atoms with Crippen molar-refractivity contribution in [3.63, 3.8) is 0 Å². The summed E-state index contributed by atoms with van der Waals surface area (Å²) in [5, 5.41) is 0.616. The monoisotopic (exact) mass is 279 g/mol. The number of ether oxygens (including phenoxy) is 1. The van der Waals surface area contributed by atoms with Crippen LogP contribution in [0.25, 0.3) is 0 Å². The normalized spacial score (nSPS) is 13.9. The highest BCUT2D eigenvalue weighted by Crippen LogP contribution is 2.32. The highest BCUT2D eigenvalue weighted by Gasteiger charge is 2.28. The van der Waals surface area contributed by atoms with E-state index in [1.165, 1.54) is 7.11 Å². The van der Waals surface area contributed by atoms with Gasteiger partial charge < -0.3 is 10.5 Å². The van der Waals surface area contributed by atoms with Crippen molar-refractivity contribution in [2.45, 2.75) is 12.5 Å². The lowest BCUT2D eigenvalue weighted by Crippen LogP contribution is -2.35. The molecule has 1 unspecified atom stereocenters. The molecular weight excluding hydrogens is 265 g/mol. The number of methoxy groups -OCH3 is 1. The van der Waals surface area contributed by atoms with Crippen molar-refractivity contribution in [1.82, 2.24) is 0 Å². The lowest BCUT2D eigenvalue weighted by atomic mass is 9.85. The predicted octanol–water partition coefficient (Wildman–Crippen LogP) is 3.71. The first kappa shape index (κ1) is 13.8. The molecule has 2 rings (SSSR count). The van der Waals surface area contributed by atoms with Crippen LogP contribution >= 0.6 is 11.6 Å². The van der Waals surface area contributed by atoms with Crippen LogP contribution in [0.5, 0.6) is 5.75 Å². The highest BCUT2D eigenvalue weighted by molar-refractivity contribution is 6.30. The molecule has 0 aliphatic carbocycles. The molecule has 2 nitrogen and oxygen atoms in total. The van der Waals surface area contributed by atoms with Crippen molar-refractivity contribution >= 4 is 11.6 Å². The predicted molar refractivity (Wildman–Crippen MR) is 75.0 cm³/mol. The second-order valence-electron chi connectivity index (χ2n) is 4.53. The third-order valence-corrected chi connectivity index (χ3v) is 3.44. The first-order valence-electron chi connectivity index (χ1n) is 5.84. The molecule has 4 heteroatoms. The second kappa shape index (κ2) is 5.19. The molecule has 0 heterocycles. The van der Waals surface area contributed by atoms with E-state index in [1.807, 2.05) is 0 Å². The van der Waals surface area contributed by atoms with Crippen LogP contribution in [0, 0.1) is 5.82 Å². The molecule has 19 heavy (non-hydrogen) atoms. The molecule has 0 saturated carbocycles. The standard InChI is InChI=1S/C15H15ClFNO/c1-15(18,10-6-8-11(16)9-7-10)12-4-3-5-13(19-2)14(12)17/h3-9H,18H2,1-2H3. The maximum absolute atomic E-state index is 14.3. The maximum Gasteiger partial charge on any atom is 0.170 e. The van der Waals surface area contributed by atoms with E-state index in [2.05, 4.69) is 0 Å². The number of hydrogen-bond donors (Lipinski definition) is 1. The van der Waals surface area contributed by atoms with Crippen molar-refractivity contribution in [3.8, 4) is 5.75 Å². The first-order valence-corrected chi connectivity index (χ1v) is 6.22. The number of benzene rings is 2. The van der Waals surface area contributed by atoms with E-state index in [4.69, 9.17) is 22.1 Å². The molecule has 2 aromatic carbocycles. The van der Waals surface area contributed by atoms with Crippen LogP contribution in [0.1, 0.15) is 18.1 Å². The Morgan fingerprint density at radius 1 is 1.16 bits per heavy atom. The summed E-state index contributed by atoms with van der Waals surface area (Å²) in [4.78, 5) is 0. The zero-order valence-electron chi connectivity index (χ0n) is 10.8. The van der Waals surface area contributed by atoms with Gasteiger partial charge in [-0.25, -0.2) is 4.39 Å².